The third-order valence-electron chi connectivity index (χ3n) is 1.19. The minimum absolute atomic E-state index is 0.184. The summed E-state index contributed by atoms with van der Waals surface area (Å²) in [5.74, 6) is 0. The molecule has 58 valence electrons. The molecule has 3 heteroatoms. The van der Waals surface area contributed by atoms with E-state index in [1.165, 1.54) is 11.1 Å². The van der Waals surface area contributed by atoms with E-state index in [0.29, 0.717) is 6.54 Å². The molecule has 10 heavy (non-hydrogen) atoms. The second kappa shape index (κ2) is 6.29. The molecule has 0 aliphatic heterocycles. The summed E-state index contributed by atoms with van der Waals surface area (Å²) in [6, 6.07) is 0. The second-order valence-corrected chi connectivity index (χ2v) is 1.96. The van der Waals surface area contributed by atoms with Crippen LogP contribution >= 0.6 is 0 Å². The minimum atomic E-state index is 0.184. The van der Waals surface area contributed by atoms with Gasteiger partial charge >= 0.3 is 0 Å². The Bertz CT molecular complexity index is 95.8. The van der Waals surface area contributed by atoms with Crippen LogP contribution in [0.4, 0.5) is 0 Å². The summed E-state index contributed by atoms with van der Waals surface area (Å²) in [6.07, 6.45) is 3.76. The first-order valence-corrected chi connectivity index (χ1v) is 3.29. The first-order chi connectivity index (χ1) is 4.85. The molecule has 0 saturated heterocycles. The number of carbonyl (C=O) groups excluding carboxylic acids is 1. The highest BCUT2D eigenvalue weighted by Gasteiger charge is 1.93. The normalized spacial score (nSPS) is 8.90. The van der Waals surface area contributed by atoms with Gasteiger partial charge in [-0.05, 0) is 19.0 Å². The highest BCUT2D eigenvalue weighted by Crippen LogP contribution is 1.91. The predicted octanol–water partition coefficient (Wildman–Crippen LogP) is 0.361. The molecule has 0 fully saturated rings. The maximum absolute atomic E-state index is 10.1. The van der Waals surface area contributed by atoms with Crippen LogP contribution in [0.15, 0.2) is 12.8 Å². The maximum Gasteiger partial charge on any atom is 0.213 e. The van der Waals surface area contributed by atoms with Crippen molar-refractivity contribution in [3.63, 3.8) is 0 Å². The summed E-state index contributed by atoms with van der Waals surface area (Å²) >= 11 is 0. The van der Waals surface area contributed by atoms with Gasteiger partial charge in [0.2, 0.25) is 6.41 Å². The summed E-state index contributed by atoms with van der Waals surface area (Å²) in [7, 11) is 0. The van der Waals surface area contributed by atoms with Gasteiger partial charge in [-0.3, -0.25) is 4.79 Å². The number of carbonyl (C=O) groups is 1. The van der Waals surface area contributed by atoms with Crippen molar-refractivity contribution in [2.24, 2.45) is 0 Å². The Balaban J connectivity index is 3.25. The summed E-state index contributed by atoms with van der Waals surface area (Å²) in [6.45, 7) is 4.27. The Morgan fingerprint density at radius 3 is 2.60 bits per heavy atom. The Kier molecular flexibility index (Phi) is 5.77. The predicted molar refractivity (Wildman–Crippen MR) is 39.3 cm³/mol. The van der Waals surface area contributed by atoms with Crippen molar-refractivity contribution in [1.29, 1.82) is 0 Å². The van der Waals surface area contributed by atoms with E-state index in [1.54, 1.807) is 0 Å². The SMILES string of the molecule is C=CN(C=O)CCCCO. The van der Waals surface area contributed by atoms with Gasteiger partial charge in [-0.25, -0.2) is 0 Å². The average Bonchev–Trinajstić information content (AvgIpc) is 1.99. The van der Waals surface area contributed by atoms with Crippen LogP contribution in [0.2, 0.25) is 0 Å². The van der Waals surface area contributed by atoms with Crippen molar-refractivity contribution in [1.82, 2.24) is 4.90 Å². The molecule has 1 N–H and O–H groups in total. The molecule has 0 bridgehead atoms. The lowest BCUT2D eigenvalue weighted by Crippen LogP contribution is -2.15. The van der Waals surface area contributed by atoms with Gasteiger partial charge in [-0.1, -0.05) is 6.58 Å². The second-order valence-electron chi connectivity index (χ2n) is 1.96. The first kappa shape index (κ1) is 9.17. The lowest BCUT2D eigenvalue weighted by Gasteiger charge is -2.09. The van der Waals surface area contributed by atoms with Crippen LogP contribution in [0.25, 0.3) is 0 Å². The van der Waals surface area contributed by atoms with E-state index in [0.717, 1.165) is 19.3 Å². The molecule has 0 unspecified atom stereocenters. The first-order valence-electron chi connectivity index (χ1n) is 3.29. The number of hydrogen-bond acceptors (Lipinski definition) is 2. The van der Waals surface area contributed by atoms with Crippen LogP contribution in [0, 0.1) is 0 Å². The Hall–Kier alpha value is -0.830. The fourth-order valence-corrected chi connectivity index (χ4v) is 0.593. The third kappa shape index (κ3) is 4.09. The zero-order valence-corrected chi connectivity index (χ0v) is 5.99. The van der Waals surface area contributed by atoms with E-state index in [1.807, 2.05) is 0 Å². The van der Waals surface area contributed by atoms with E-state index in [-0.39, 0.29) is 6.61 Å². The molecule has 0 rings (SSSR count). The number of aliphatic hydroxyl groups is 1. The molecular weight excluding hydrogens is 130 g/mol. The van der Waals surface area contributed by atoms with Gasteiger partial charge in [0.25, 0.3) is 0 Å². The standard InChI is InChI=1S/C7H13NO2/c1-2-8(7-10)5-3-4-6-9/h2,7,9H,1,3-6H2. The van der Waals surface area contributed by atoms with E-state index >= 15 is 0 Å². The Labute approximate surface area is 61.0 Å². The van der Waals surface area contributed by atoms with E-state index in [2.05, 4.69) is 6.58 Å². The summed E-state index contributed by atoms with van der Waals surface area (Å²) < 4.78 is 0. The smallest absolute Gasteiger partial charge is 0.213 e. The van der Waals surface area contributed by atoms with Crippen LogP contribution in [0.3, 0.4) is 0 Å². The summed E-state index contributed by atoms with van der Waals surface area (Å²) in [5, 5.41) is 8.39. The van der Waals surface area contributed by atoms with Crippen molar-refractivity contribution in [2.45, 2.75) is 12.8 Å². The fraction of sp³-hybridized carbons (Fsp3) is 0.571. The molecule has 0 saturated carbocycles. The molecule has 0 spiro atoms. The zero-order valence-electron chi connectivity index (χ0n) is 5.99. The fourth-order valence-electron chi connectivity index (χ4n) is 0.593. The van der Waals surface area contributed by atoms with Gasteiger partial charge in [-0.15, -0.1) is 0 Å². The highest BCUT2D eigenvalue weighted by atomic mass is 16.2. The molecule has 0 aromatic carbocycles. The van der Waals surface area contributed by atoms with E-state index in [4.69, 9.17) is 5.11 Å². The molecule has 0 radical (unpaired) electrons. The van der Waals surface area contributed by atoms with Crippen LogP contribution < -0.4 is 0 Å². The number of nitrogens with zero attached hydrogens (tertiary/aromatic N) is 1. The zero-order chi connectivity index (χ0) is 7.82. The number of aliphatic hydroxyl groups excluding tert-OH is 1. The van der Waals surface area contributed by atoms with Crippen molar-refractivity contribution in [2.75, 3.05) is 13.2 Å². The van der Waals surface area contributed by atoms with Crippen molar-refractivity contribution in [3.05, 3.63) is 12.8 Å². The molecule has 1 amide bonds. The van der Waals surface area contributed by atoms with Crippen molar-refractivity contribution >= 4 is 6.41 Å². The topological polar surface area (TPSA) is 40.5 Å². The van der Waals surface area contributed by atoms with Gasteiger partial charge in [0.15, 0.2) is 0 Å². The molecular formula is C7H13NO2. The number of unbranched alkanes of at least 4 members (excludes halogenated alkanes) is 1. The van der Waals surface area contributed by atoms with Crippen molar-refractivity contribution < 1.29 is 9.90 Å². The lowest BCUT2D eigenvalue weighted by atomic mass is 10.3. The monoisotopic (exact) mass is 143 g/mol. The average molecular weight is 143 g/mol. The van der Waals surface area contributed by atoms with E-state index < -0.39 is 0 Å². The van der Waals surface area contributed by atoms with Crippen LogP contribution in [-0.2, 0) is 4.79 Å². The highest BCUT2D eigenvalue weighted by molar-refractivity contribution is 5.48. The molecule has 0 aromatic heterocycles. The van der Waals surface area contributed by atoms with Crippen LogP contribution in [0.5, 0.6) is 0 Å². The third-order valence-corrected chi connectivity index (χ3v) is 1.19. The lowest BCUT2D eigenvalue weighted by molar-refractivity contribution is -0.116. The van der Waals surface area contributed by atoms with E-state index in [9.17, 15) is 4.79 Å². The van der Waals surface area contributed by atoms with Crippen molar-refractivity contribution in [3.8, 4) is 0 Å². The quantitative estimate of drug-likeness (QED) is 0.431. The Morgan fingerprint density at radius 1 is 1.50 bits per heavy atom. The molecule has 3 nitrogen and oxygen atoms in total. The largest absolute Gasteiger partial charge is 0.396 e. The van der Waals surface area contributed by atoms with Gasteiger partial charge < -0.3 is 10.0 Å². The number of amides is 1. The minimum Gasteiger partial charge on any atom is -0.396 e. The molecule has 0 aliphatic carbocycles. The van der Waals surface area contributed by atoms with Gasteiger partial charge in [0.1, 0.15) is 0 Å². The van der Waals surface area contributed by atoms with Crippen LogP contribution in [-0.4, -0.2) is 29.6 Å². The number of rotatable bonds is 6. The van der Waals surface area contributed by atoms with Gasteiger partial charge in [-0.2, -0.15) is 0 Å². The van der Waals surface area contributed by atoms with Gasteiger partial charge in [0, 0.05) is 13.2 Å². The molecule has 0 aromatic rings. The summed E-state index contributed by atoms with van der Waals surface area (Å²) in [5.41, 5.74) is 0. The molecule has 0 aliphatic rings. The molecule has 0 atom stereocenters. The molecule has 0 heterocycles. The van der Waals surface area contributed by atoms with Gasteiger partial charge in [0.05, 0.1) is 0 Å². The summed E-state index contributed by atoms with van der Waals surface area (Å²) in [4.78, 5) is 11.6. The maximum atomic E-state index is 10.1. The number of hydrogen-bond donors (Lipinski definition) is 1. The Morgan fingerprint density at radius 2 is 2.20 bits per heavy atom. The van der Waals surface area contributed by atoms with Crippen LogP contribution in [0.1, 0.15) is 12.8 Å².